The van der Waals surface area contributed by atoms with Gasteiger partial charge in [-0.1, -0.05) is 19.8 Å². The summed E-state index contributed by atoms with van der Waals surface area (Å²) in [5.41, 5.74) is 0.903. The predicted molar refractivity (Wildman–Crippen MR) is 110 cm³/mol. The summed E-state index contributed by atoms with van der Waals surface area (Å²) in [6.45, 7) is 3.89. The van der Waals surface area contributed by atoms with Gasteiger partial charge < -0.3 is 39.6 Å². The van der Waals surface area contributed by atoms with E-state index in [2.05, 4.69) is 12.2 Å². The van der Waals surface area contributed by atoms with E-state index in [-0.39, 0.29) is 5.75 Å². The fourth-order valence-corrected chi connectivity index (χ4v) is 3.38. The summed E-state index contributed by atoms with van der Waals surface area (Å²) in [6, 6.07) is 5.01. The average molecular weight is 423 g/mol. The third-order valence-electron chi connectivity index (χ3n) is 5.20. The van der Waals surface area contributed by atoms with Crippen LogP contribution in [0.5, 0.6) is 5.75 Å². The van der Waals surface area contributed by atoms with Gasteiger partial charge in [0.25, 0.3) is 0 Å². The minimum atomic E-state index is -1.55. The van der Waals surface area contributed by atoms with Crippen molar-refractivity contribution < 1.29 is 34.3 Å². The van der Waals surface area contributed by atoms with Crippen LogP contribution in [0.25, 0.3) is 11.0 Å². The maximum Gasteiger partial charge on any atom is 0.339 e. The molecule has 5 atom stereocenters. The molecule has 9 heteroatoms. The van der Waals surface area contributed by atoms with Crippen LogP contribution in [0.4, 0.5) is 5.69 Å². The van der Waals surface area contributed by atoms with Gasteiger partial charge in [-0.3, -0.25) is 0 Å². The molecule has 0 aliphatic carbocycles. The molecule has 1 aromatic heterocycles. The van der Waals surface area contributed by atoms with Crippen LogP contribution in [0.1, 0.15) is 31.7 Å². The van der Waals surface area contributed by atoms with Gasteiger partial charge in [-0.25, -0.2) is 4.79 Å². The summed E-state index contributed by atoms with van der Waals surface area (Å²) in [6.07, 6.45) is -3.94. The Morgan fingerprint density at radius 2 is 1.87 bits per heavy atom. The zero-order valence-corrected chi connectivity index (χ0v) is 17.1. The minimum absolute atomic E-state index is 0.246. The number of ether oxygens (including phenoxy) is 2. The molecule has 1 saturated heterocycles. The van der Waals surface area contributed by atoms with Crippen LogP contribution >= 0.6 is 0 Å². The van der Waals surface area contributed by atoms with Crippen molar-refractivity contribution >= 4 is 16.7 Å². The summed E-state index contributed by atoms with van der Waals surface area (Å²) >= 11 is 0. The van der Waals surface area contributed by atoms with E-state index >= 15 is 0 Å². The third-order valence-corrected chi connectivity index (χ3v) is 5.20. The SMILES string of the molecule is CCCCCNc1cc2cc(C)c(=O)oc2cc1O[C@@H]1O[C@H](CO)[C@@H](O)[C@H](O)[C@H]1O. The van der Waals surface area contributed by atoms with Crippen LogP contribution in [0.3, 0.4) is 0 Å². The van der Waals surface area contributed by atoms with Gasteiger partial charge in [-0.05, 0) is 25.5 Å². The first-order chi connectivity index (χ1) is 14.3. The van der Waals surface area contributed by atoms with E-state index in [9.17, 15) is 25.2 Å². The number of hydrogen-bond acceptors (Lipinski definition) is 9. The molecule has 0 amide bonds. The Morgan fingerprint density at radius 1 is 1.10 bits per heavy atom. The molecule has 0 radical (unpaired) electrons. The predicted octanol–water partition coefficient (Wildman–Crippen LogP) is 0.882. The van der Waals surface area contributed by atoms with Crippen LogP contribution in [0.15, 0.2) is 27.4 Å². The molecule has 2 heterocycles. The topological polar surface area (TPSA) is 142 Å². The quantitative estimate of drug-likeness (QED) is 0.309. The van der Waals surface area contributed by atoms with E-state index in [1.54, 1.807) is 19.1 Å². The van der Waals surface area contributed by atoms with Crippen molar-refractivity contribution in [3.63, 3.8) is 0 Å². The molecular formula is C21H29NO8. The molecule has 9 nitrogen and oxygen atoms in total. The summed E-state index contributed by atoms with van der Waals surface area (Å²) in [5, 5.41) is 43.6. The first-order valence-electron chi connectivity index (χ1n) is 10.1. The van der Waals surface area contributed by atoms with Gasteiger partial charge in [0.2, 0.25) is 6.29 Å². The first-order valence-corrected chi connectivity index (χ1v) is 10.1. The normalized spacial score (nSPS) is 26.7. The Hall–Kier alpha value is -2.17. The minimum Gasteiger partial charge on any atom is -0.460 e. The van der Waals surface area contributed by atoms with E-state index in [1.807, 2.05) is 0 Å². The maximum absolute atomic E-state index is 11.9. The molecule has 3 rings (SSSR count). The highest BCUT2D eigenvalue weighted by Gasteiger charge is 2.44. The van der Waals surface area contributed by atoms with Crippen LogP contribution < -0.4 is 15.7 Å². The molecule has 1 aromatic carbocycles. The largest absolute Gasteiger partial charge is 0.460 e. The molecule has 1 aliphatic heterocycles. The Morgan fingerprint density at radius 3 is 2.57 bits per heavy atom. The second-order valence-electron chi connectivity index (χ2n) is 7.55. The number of aryl methyl sites for hydroxylation is 1. The van der Waals surface area contributed by atoms with Crippen LogP contribution in [-0.4, -0.2) is 64.3 Å². The number of benzene rings is 1. The van der Waals surface area contributed by atoms with Crippen molar-refractivity contribution in [1.82, 2.24) is 0 Å². The molecule has 30 heavy (non-hydrogen) atoms. The highest BCUT2D eigenvalue weighted by atomic mass is 16.7. The molecule has 1 fully saturated rings. The smallest absolute Gasteiger partial charge is 0.339 e. The summed E-state index contributed by atoms with van der Waals surface area (Å²) < 4.78 is 16.6. The lowest BCUT2D eigenvalue weighted by molar-refractivity contribution is -0.277. The number of rotatable bonds is 8. The standard InChI is InChI=1S/C21H29NO8/c1-3-4-5-6-22-13-8-12-7-11(2)20(27)28-14(12)9-15(13)29-21-19(26)18(25)17(24)16(10-23)30-21/h7-9,16-19,21-26H,3-6,10H2,1-2H3/t16-,17-,18+,19-,21-/m1/s1. The second kappa shape index (κ2) is 9.76. The van der Waals surface area contributed by atoms with Gasteiger partial charge in [0.05, 0.1) is 12.3 Å². The molecular weight excluding hydrogens is 394 g/mol. The second-order valence-corrected chi connectivity index (χ2v) is 7.55. The highest BCUT2D eigenvalue weighted by Crippen LogP contribution is 2.33. The Labute approximate surface area is 173 Å². The first kappa shape index (κ1) is 22.5. The molecule has 1 aliphatic rings. The van der Waals surface area contributed by atoms with Crippen LogP contribution in [-0.2, 0) is 4.74 Å². The fourth-order valence-electron chi connectivity index (χ4n) is 3.38. The monoisotopic (exact) mass is 423 g/mol. The van der Waals surface area contributed by atoms with Crippen molar-refractivity contribution in [2.45, 2.75) is 63.8 Å². The van der Waals surface area contributed by atoms with Crippen molar-refractivity contribution in [3.8, 4) is 5.75 Å². The van der Waals surface area contributed by atoms with Crippen molar-refractivity contribution in [2.75, 3.05) is 18.5 Å². The van der Waals surface area contributed by atoms with Gasteiger partial charge in [0, 0.05) is 23.6 Å². The Balaban J connectivity index is 1.93. The van der Waals surface area contributed by atoms with Gasteiger partial charge in [0.1, 0.15) is 35.7 Å². The molecule has 0 saturated carbocycles. The Bertz CT molecular complexity index is 912. The zero-order chi connectivity index (χ0) is 21.8. The number of nitrogens with one attached hydrogen (secondary N) is 1. The number of anilines is 1. The van der Waals surface area contributed by atoms with Gasteiger partial charge in [-0.15, -0.1) is 0 Å². The van der Waals surface area contributed by atoms with E-state index in [4.69, 9.17) is 13.9 Å². The van der Waals surface area contributed by atoms with Gasteiger partial charge in [0.15, 0.2) is 0 Å². The number of fused-ring (bicyclic) bond motifs is 1. The summed E-state index contributed by atoms with van der Waals surface area (Å²) in [5.74, 6) is 0.246. The number of aliphatic hydroxyl groups excluding tert-OH is 4. The van der Waals surface area contributed by atoms with Crippen LogP contribution in [0, 0.1) is 6.92 Å². The number of unbranched alkanes of at least 4 members (excludes halogenated alkanes) is 2. The number of aliphatic hydroxyl groups is 4. The molecule has 166 valence electrons. The van der Waals surface area contributed by atoms with E-state index in [0.717, 1.165) is 19.3 Å². The number of hydrogen-bond donors (Lipinski definition) is 5. The lowest BCUT2D eigenvalue weighted by Gasteiger charge is -2.39. The van der Waals surface area contributed by atoms with E-state index in [0.29, 0.717) is 28.8 Å². The van der Waals surface area contributed by atoms with Crippen molar-refractivity contribution in [2.24, 2.45) is 0 Å². The maximum atomic E-state index is 11.9. The van der Waals surface area contributed by atoms with Gasteiger partial charge >= 0.3 is 5.63 Å². The summed E-state index contributed by atoms with van der Waals surface area (Å²) in [4.78, 5) is 11.9. The molecule has 0 unspecified atom stereocenters. The zero-order valence-electron chi connectivity index (χ0n) is 17.1. The average Bonchev–Trinajstić information content (AvgIpc) is 2.73. The highest BCUT2D eigenvalue weighted by molar-refractivity contribution is 5.84. The Kier molecular flexibility index (Phi) is 7.32. The van der Waals surface area contributed by atoms with Crippen molar-refractivity contribution in [1.29, 1.82) is 0 Å². The third kappa shape index (κ3) is 4.76. The summed E-state index contributed by atoms with van der Waals surface area (Å²) in [7, 11) is 0. The van der Waals surface area contributed by atoms with Crippen LogP contribution in [0.2, 0.25) is 0 Å². The fraction of sp³-hybridized carbons (Fsp3) is 0.571. The lowest BCUT2D eigenvalue weighted by Crippen LogP contribution is -2.60. The van der Waals surface area contributed by atoms with E-state index < -0.39 is 42.9 Å². The van der Waals surface area contributed by atoms with Gasteiger partial charge in [-0.2, -0.15) is 0 Å². The molecule has 0 bridgehead atoms. The molecule has 5 N–H and O–H groups in total. The molecule has 2 aromatic rings. The van der Waals surface area contributed by atoms with E-state index in [1.165, 1.54) is 6.07 Å². The lowest BCUT2D eigenvalue weighted by atomic mass is 9.99. The molecule has 0 spiro atoms. The van der Waals surface area contributed by atoms with Crippen molar-refractivity contribution in [3.05, 3.63) is 34.2 Å².